The summed E-state index contributed by atoms with van der Waals surface area (Å²) in [5.74, 6) is 0.00995. The summed E-state index contributed by atoms with van der Waals surface area (Å²) in [6.45, 7) is 9.12. The maximum absolute atomic E-state index is 12.9. The van der Waals surface area contributed by atoms with Crippen LogP contribution in [0, 0.1) is 26.7 Å². The first-order chi connectivity index (χ1) is 12.9. The Bertz CT molecular complexity index is 832. The summed E-state index contributed by atoms with van der Waals surface area (Å²) in [4.78, 5) is 30.1. The number of aromatic nitrogens is 1. The van der Waals surface area contributed by atoms with E-state index in [0.29, 0.717) is 25.4 Å². The number of hydrogen-bond acceptors (Lipinski definition) is 3. The van der Waals surface area contributed by atoms with Crippen LogP contribution in [-0.4, -0.2) is 28.4 Å². The van der Waals surface area contributed by atoms with Crippen LogP contribution in [0.2, 0.25) is 0 Å². The fourth-order valence-electron chi connectivity index (χ4n) is 3.34. The smallest absolute Gasteiger partial charge is 0.355 e. The molecule has 1 N–H and O–H groups in total. The maximum atomic E-state index is 12.9. The number of aromatic amines is 1. The normalized spacial score (nSPS) is 13.5. The third-order valence-electron chi connectivity index (χ3n) is 5.15. The Labute approximate surface area is 160 Å². The first kappa shape index (κ1) is 19.2. The van der Waals surface area contributed by atoms with Gasteiger partial charge in [-0.05, 0) is 57.2 Å². The molecule has 0 atom stereocenters. The summed E-state index contributed by atoms with van der Waals surface area (Å²) < 4.78 is 5.13. The molecule has 1 amide bonds. The van der Waals surface area contributed by atoms with Gasteiger partial charge in [-0.3, -0.25) is 4.79 Å². The highest BCUT2D eigenvalue weighted by atomic mass is 16.5. The molecular weight excluding hydrogens is 340 g/mol. The van der Waals surface area contributed by atoms with Crippen LogP contribution < -0.4 is 0 Å². The molecule has 1 aliphatic rings. The number of aryl methyl sites for hydroxylation is 2. The first-order valence-corrected chi connectivity index (χ1v) is 9.60. The van der Waals surface area contributed by atoms with Crippen molar-refractivity contribution in [2.75, 3.05) is 6.61 Å². The Balaban J connectivity index is 1.84. The molecule has 0 spiro atoms. The van der Waals surface area contributed by atoms with E-state index in [-0.39, 0.29) is 17.8 Å². The van der Waals surface area contributed by atoms with Crippen LogP contribution in [-0.2, 0) is 22.6 Å². The monoisotopic (exact) mass is 368 g/mol. The Morgan fingerprint density at radius 1 is 1.11 bits per heavy atom. The van der Waals surface area contributed by atoms with E-state index in [2.05, 4.69) is 36.2 Å². The van der Waals surface area contributed by atoms with Gasteiger partial charge in [0.15, 0.2) is 0 Å². The second-order valence-electron chi connectivity index (χ2n) is 7.40. The van der Waals surface area contributed by atoms with Crippen molar-refractivity contribution in [3.8, 4) is 0 Å². The average molecular weight is 368 g/mol. The van der Waals surface area contributed by atoms with Crippen molar-refractivity contribution < 1.29 is 14.3 Å². The van der Waals surface area contributed by atoms with E-state index in [1.54, 1.807) is 6.92 Å². The molecule has 1 aromatic heterocycles. The molecule has 0 saturated heterocycles. The number of H-pyrrole nitrogens is 1. The van der Waals surface area contributed by atoms with Crippen LogP contribution in [0.3, 0.4) is 0 Å². The minimum Gasteiger partial charge on any atom is -0.461 e. The lowest BCUT2D eigenvalue weighted by Crippen LogP contribution is -2.31. The standard InChI is InChI=1S/C22H28N2O3/c1-5-27-22(26)20-15(3)19(16(4)23-20)13-24(21(25)18-10-11-18)12-17-8-6-14(2)7-9-17/h6-9,18,23H,5,10-13H2,1-4H3. The fraction of sp³-hybridized carbons (Fsp3) is 0.455. The molecule has 1 aromatic carbocycles. The van der Waals surface area contributed by atoms with E-state index < -0.39 is 0 Å². The minimum absolute atomic E-state index is 0.152. The summed E-state index contributed by atoms with van der Waals surface area (Å²) in [5.41, 5.74) is 5.58. The Morgan fingerprint density at radius 3 is 2.37 bits per heavy atom. The zero-order chi connectivity index (χ0) is 19.6. The molecule has 1 fully saturated rings. The molecule has 1 saturated carbocycles. The van der Waals surface area contributed by atoms with Gasteiger partial charge in [-0.1, -0.05) is 29.8 Å². The van der Waals surface area contributed by atoms with Crippen molar-refractivity contribution in [3.63, 3.8) is 0 Å². The van der Waals surface area contributed by atoms with E-state index in [1.807, 2.05) is 18.7 Å². The number of benzene rings is 1. The minimum atomic E-state index is -0.344. The van der Waals surface area contributed by atoms with Crippen molar-refractivity contribution in [2.45, 2.75) is 53.6 Å². The first-order valence-electron chi connectivity index (χ1n) is 9.60. The van der Waals surface area contributed by atoms with E-state index in [9.17, 15) is 9.59 Å². The number of rotatable bonds is 7. The quantitative estimate of drug-likeness (QED) is 0.750. The van der Waals surface area contributed by atoms with Gasteiger partial charge in [0.05, 0.1) is 6.61 Å². The zero-order valence-electron chi connectivity index (χ0n) is 16.6. The molecule has 27 heavy (non-hydrogen) atoms. The van der Waals surface area contributed by atoms with Gasteiger partial charge in [-0.2, -0.15) is 0 Å². The van der Waals surface area contributed by atoms with Gasteiger partial charge in [0.2, 0.25) is 5.91 Å². The summed E-state index contributed by atoms with van der Waals surface area (Å²) in [5, 5.41) is 0. The van der Waals surface area contributed by atoms with Gasteiger partial charge < -0.3 is 14.6 Å². The predicted octanol–water partition coefficient (Wildman–Crippen LogP) is 4.06. The summed E-state index contributed by atoms with van der Waals surface area (Å²) in [7, 11) is 0. The van der Waals surface area contributed by atoms with Crippen LogP contribution in [0.25, 0.3) is 0 Å². The van der Waals surface area contributed by atoms with Gasteiger partial charge in [0.1, 0.15) is 5.69 Å². The molecule has 5 nitrogen and oxygen atoms in total. The third-order valence-corrected chi connectivity index (χ3v) is 5.15. The number of amides is 1. The Hall–Kier alpha value is -2.56. The molecule has 0 bridgehead atoms. The topological polar surface area (TPSA) is 62.4 Å². The number of ether oxygens (including phenoxy) is 1. The largest absolute Gasteiger partial charge is 0.461 e. The van der Waals surface area contributed by atoms with Crippen molar-refractivity contribution in [3.05, 3.63) is 57.9 Å². The van der Waals surface area contributed by atoms with Gasteiger partial charge in [-0.25, -0.2) is 4.79 Å². The number of nitrogens with one attached hydrogen (secondary N) is 1. The van der Waals surface area contributed by atoms with Crippen LogP contribution >= 0.6 is 0 Å². The molecule has 0 radical (unpaired) electrons. The van der Waals surface area contributed by atoms with Gasteiger partial charge in [0, 0.05) is 24.7 Å². The fourth-order valence-corrected chi connectivity index (χ4v) is 3.34. The molecule has 0 unspecified atom stereocenters. The van der Waals surface area contributed by atoms with Crippen LogP contribution in [0.15, 0.2) is 24.3 Å². The lowest BCUT2D eigenvalue weighted by atomic mass is 10.1. The number of carbonyl (C=O) groups is 2. The van der Waals surface area contributed by atoms with Crippen LogP contribution in [0.1, 0.15) is 58.2 Å². The average Bonchev–Trinajstić information content (AvgIpc) is 3.44. The summed E-state index contributed by atoms with van der Waals surface area (Å²) in [6.07, 6.45) is 1.95. The second kappa shape index (κ2) is 7.99. The number of nitrogens with zero attached hydrogens (tertiary/aromatic N) is 1. The SMILES string of the molecule is CCOC(=O)c1[nH]c(C)c(CN(Cc2ccc(C)cc2)C(=O)C2CC2)c1C. The summed E-state index contributed by atoms with van der Waals surface area (Å²) >= 11 is 0. The number of hydrogen-bond donors (Lipinski definition) is 1. The molecule has 2 aromatic rings. The van der Waals surface area contributed by atoms with Crippen molar-refractivity contribution in [1.29, 1.82) is 0 Å². The molecule has 0 aliphatic heterocycles. The molecule has 1 heterocycles. The highest BCUT2D eigenvalue weighted by Gasteiger charge is 2.34. The number of carbonyl (C=O) groups excluding carboxylic acids is 2. The van der Waals surface area contributed by atoms with Gasteiger partial charge >= 0.3 is 5.97 Å². The maximum Gasteiger partial charge on any atom is 0.355 e. The van der Waals surface area contributed by atoms with E-state index in [0.717, 1.165) is 35.2 Å². The summed E-state index contributed by atoms with van der Waals surface area (Å²) in [6, 6.07) is 8.29. The van der Waals surface area contributed by atoms with Gasteiger partial charge in [-0.15, -0.1) is 0 Å². The Morgan fingerprint density at radius 2 is 1.78 bits per heavy atom. The molecule has 3 rings (SSSR count). The number of esters is 1. The second-order valence-corrected chi connectivity index (χ2v) is 7.40. The molecule has 1 aliphatic carbocycles. The van der Waals surface area contributed by atoms with Crippen molar-refractivity contribution in [2.24, 2.45) is 5.92 Å². The highest BCUT2D eigenvalue weighted by molar-refractivity contribution is 5.90. The van der Waals surface area contributed by atoms with E-state index in [4.69, 9.17) is 4.74 Å². The highest BCUT2D eigenvalue weighted by Crippen LogP contribution is 2.33. The lowest BCUT2D eigenvalue weighted by Gasteiger charge is -2.24. The van der Waals surface area contributed by atoms with E-state index in [1.165, 1.54) is 5.56 Å². The van der Waals surface area contributed by atoms with Crippen molar-refractivity contribution >= 4 is 11.9 Å². The molecule has 144 valence electrons. The lowest BCUT2D eigenvalue weighted by molar-refractivity contribution is -0.133. The van der Waals surface area contributed by atoms with Gasteiger partial charge in [0.25, 0.3) is 0 Å². The molecular formula is C22H28N2O3. The predicted molar refractivity (Wildman–Crippen MR) is 104 cm³/mol. The van der Waals surface area contributed by atoms with Crippen LogP contribution in [0.4, 0.5) is 0 Å². The zero-order valence-corrected chi connectivity index (χ0v) is 16.6. The molecule has 5 heteroatoms. The Kier molecular flexibility index (Phi) is 5.68. The van der Waals surface area contributed by atoms with Crippen LogP contribution in [0.5, 0.6) is 0 Å². The van der Waals surface area contributed by atoms with Crippen molar-refractivity contribution in [1.82, 2.24) is 9.88 Å². The van der Waals surface area contributed by atoms with E-state index >= 15 is 0 Å². The third kappa shape index (κ3) is 4.41.